The van der Waals surface area contributed by atoms with Gasteiger partial charge in [-0.3, -0.25) is 4.79 Å². The summed E-state index contributed by atoms with van der Waals surface area (Å²) in [5, 5.41) is 3.27. The zero-order chi connectivity index (χ0) is 21.2. The lowest BCUT2D eigenvalue weighted by atomic mass is 10.1. The average Bonchev–Trinajstić information content (AvgIpc) is 2.73. The third-order valence-electron chi connectivity index (χ3n) is 3.99. The summed E-state index contributed by atoms with van der Waals surface area (Å²) in [4.78, 5) is 23.9. The lowest BCUT2D eigenvalue weighted by Crippen LogP contribution is -2.33. The van der Waals surface area contributed by atoms with Crippen molar-refractivity contribution in [2.75, 3.05) is 27.4 Å². The molecule has 0 bridgehead atoms. The third-order valence-corrected chi connectivity index (χ3v) is 4.24. The highest BCUT2D eigenvalue weighted by Crippen LogP contribution is 2.27. The van der Waals surface area contributed by atoms with E-state index in [1.165, 1.54) is 0 Å². The first-order valence-corrected chi connectivity index (χ1v) is 9.37. The smallest absolute Gasteiger partial charge is 0.347 e. The molecule has 0 radical (unpaired) electrons. The van der Waals surface area contributed by atoms with E-state index in [-0.39, 0.29) is 6.61 Å². The lowest BCUT2D eigenvalue weighted by molar-refractivity contribution is -0.154. The summed E-state index contributed by atoms with van der Waals surface area (Å²) in [6, 6.07) is 12.1. The van der Waals surface area contributed by atoms with E-state index >= 15 is 0 Å². The highest BCUT2D eigenvalue weighted by molar-refractivity contribution is 6.30. The quantitative estimate of drug-likeness (QED) is 0.594. The molecule has 156 valence electrons. The van der Waals surface area contributed by atoms with Crippen LogP contribution in [0.3, 0.4) is 0 Å². The number of methoxy groups -OCH3 is 2. The maximum absolute atomic E-state index is 12.0. The molecule has 0 saturated carbocycles. The molecular formula is C21H24ClNO6. The van der Waals surface area contributed by atoms with Gasteiger partial charge in [-0.2, -0.15) is 0 Å². The Hall–Kier alpha value is -2.93. The first-order valence-electron chi connectivity index (χ1n) is 8.99. The second-order valence-corrected chi connectivity index (χ2v) is 6.55. The standard InChI is InChI=1S/C21H24ClNO6/c1-14(29-17-7-5-16(22)6-8-17)21(25)28-13-20(24)23-11-10-15-4-9-18(26-2)19(12-15)27-3/h4-9,12,14H,10-11,13H2,1-3H3,(H,23,24)/t14-/m0/s1. The Labute approximate surface area is 174 Å². The summed E-state index contributed by atoms with van der Waals surface area (Å²) in [5.41, 5.74) is 0.977. The van der Waals surface area contributed by atoms with Crippen molar-refractivity contribution in [3.63, 3.8) is 0 Å². The fourth-order valence-corrected chi connectivity index (χ4v) is 2.58. The Morgan fingerprint density at radius 1 is 1.03 bits per heavy atom. The Morgan fingerprint density at radius 2 is 1.72 bits per heavy atom. The number of carbonyl (C=O) groups excluding carboxylic acids is 2. The first-order chi connectivity index (χ1) is 13.9. The van der Waals surface area contributed by atoms with Crippen LogP contribution < -0.4 is 19.5 Å². The number of esters is 1. The van der Waals surface area contributed by atoms with Crippen LogP contribution in [0, 0.1) is 0 Å². The molecule has 1 N–H and O–H groups in total. The Kier molecular flexibility index (Phi) is 8.61. The molecule has 2 aromatic carbocycles. The van der Waals surface area contributed by atoms with E-state index in [4.69, 9.17) is 30.5 Å². The highest BCUT2D eigenvalue weighted by Gasteiger charge is 2.17. The predicted molar refractivity (Wildman–Crippen MR) is 109 cm³/mol. The molecule has 1 amide bonds. The zero-order valence-corrected chi connectivity index (χ0v) is 17.3. The number of amides is 1. The van der Waals surface area contributed by atoms with Gasteiger partial charge in [0.15, 0.2) is 24.2 Å². The molecule has 0 aliphatic rings. The van der Waals surface area contributed by atoms with Gasteiger partial charge in [0.25, 0.3) is 5.91 Å². The molecule has 0 aromatic heterocycles. The fraction of sp³-hybridized carbons (Fsp3) is 0.333. The van der Waals surface area contributed by atoms with Gasteiger partial charge in [0.2, 0.25) is 0 Å². The molecule has 0 aliphatic carbocycles. The van der Waals surface area contributed by atoms with Crippen LogP contribution in [-0.2, 0) is 20.7 Å². The fourth-order valence-electron chi connectivity index (χ4n) is 2.45. The van der Waals surface area contributed by atoms with E-state index in [9.17, 15) is 9.59 Å². The van der Waals surface area contributed by atoms with E-state index in [0.717, 1.165) is 5.56 Å². The van der Waals surface area contributed by atoms with Crippen molar-refractivity contribution >= 4 is 23.5 Å². The molecule has 0 unspecified atom stereocenters. The van der Waals surface area contributed by atoms with E-state index in [2.05, 4.69) is 5.32 Å². The normalized spacial score (nSPS) is 11.3. The van der Waals surface area contributed by atoms with Crippen molar-refractivity contribution in [1.29, 1.82) is 0 Å². The number of benzene rings is 2. The SMILES string of the molecule is COc1ccc(CCNC(=O)COC(=O)[C@H](C)Oc2ccc(Cl)cc2)cc1OC. The second-order valence-electron chi connectivity index (χ2n) is 6.11. The number of ether oxygens (including phenoxy) is 4. The van der Waals surface area contributed by atoms with Crippen LogP contribution in [0.5, 0.6) is 17.2 Å². The van der Waals surface area contributed by atoms with E-state index in [1.54, 1.807) is 51.5 Å². The van der Waals surface area contributed by atoms with Crippen molar-refractivity contribution in [2.24, 2.45) is 0 Å². The van der Waals surface area contributed by atoms with Crippen LogP contribution in [0.2, 0.25) is 5.02 Å². The highest BCUT2D eigenvalue weighted by atomic mass is 35.5. The Morgan fingerprint density at radius 3 is 2.38 bits per heavy atom. The van der Waals surface area contributed by atoms with Crippen LogP contribution in [0.25, 0.3) is 0 Å². The lowest BCUT2D eigenvalue weighted by Gasteiger charge is -2.14. The van der Waals surface area contributed by atoms with Crippen LogP contribution in [0.15, 0.2) is 42.5 Å². The minimum Gasteiger partial charge on any atom is -0.493 e. The van der Waals surface area contributed by atoms with Gasteiger partial charge in [0.05, 0.1) is 14.2 Å². The number of nitrogens with one attached hydrogen (secondary N) is 1. The maximum atomic E-state index is 12.0. The number of halogens is 1. The third kappa shape index (κ3) is 7.19. The molecule has 7 nitrogen and oxygen atoms in total. The summed E-state index contributed by atoms with van der Waals surface area (Å²) in [5.74, 6) is 0.729. The zero-order valence-electron chi connectivity index (χ0n) is 16.6. The molecule has 2 aromatic rings. The topological polar surface area (TPSA) is 83.1 Å². The molecular weight excluding hydrogens is 398 g/mol. The summed E-state index contributed by atoms with van der Waals surface area (Å²) in [6.07, 6.45) is -0.258. The van der Waals surface area contributed by atoms with E-state index < -0.39 is 18.0 Å². The summed E-state index contributed by atoms with van der Waals surface area (Å²) < 4.78 is 20.9. The monoisotopic (exact) mass is 421 g/mol. The molecule has 0 saturated heterocycles. The van der Waals surface area contributed by atoms with Gasteiger partial charge in [-0.25, -0.2) is 4.79 Å². The minimum absolute atomic E-state index is 0.376. The molecule has 1 atom stereocenters. The number of carbonyl (C=O) groups is 2. The molecule has 2 rings (SSSR count). The predicted octanol–water partition coefficient (Wildman–Crippen LogP) is 3.03. The number of hydrogen-bond acceptors (Lipinski definition) is 6. The second kappa shape index (κ2) is 11.2. The molecule has 0 spiro atoms. The molecule has 29 heavy (non-hydrogen) atoms. The number of rotatable bonds is 10. The van der Waals surface area contributed by atoms with Crippen molar-refractivity contribution < 1.29 is 28.5 Å². The maximum Gasteiger partial charge on any atom is 0.347 e. The van der Waals surface area contributed by atoms with Gasteiger partial charge >= 0.3 is 5.97 Å². The van der Waals surface area contributed by atoms with Crippen LogP contribution in [-0.4, -0.2) is 45.4 Å². The molecule has 8 heteroatoms. The summed E-state index contributed by atoms with van der Waals surface area (Å²) >= 11 is 5.80. The number of hydrogen-bond donors (Lipinski definition) is 1. The first kappa shape index (κ1) is 22.4. The van der Waals surface area contributed by atoms with Crippen molar-refractivity contribution in [1.82, 2.24) is 5.32 Å². The van der Waals surface area contributed by atoms with Crippen molar-refractivity contribution in [2.45, 2.75) is 19.4 Å². The van der Waals surface area contributed by atoms with Crippen molar-refractivity contribution in [3.8, 4) is 17.2 Å². The van der Waals surface area contributed by atoms with Crippen LogP contribution >= 0.6 is 11.6 Å². The van der Waals surface area contributed by atoms with Gasteiger partial charge in [-0.1, -0.05) is 17.7 Å². The largest absolute Gasteiger partial charge is 0.493 e. The summed E-state index contributed by atoms with van der Waals surface area (Å²) in [6.45, 7) is 1.56. The average molecular weight is 422 g/mol. The molecule has 0 fully saturated rings. The minimum atomic E-state index is -0.851. The van der Waals surface area contributed by atoms with Gasteiger partial charge in [0, 0.05) is 11.6 Å². The summed E-state index contributed by atoms with van der Waals surface area (Å²) in [7, 11) is 3.13. The Balaban J connectivity index is 1.71. The van der Waals surface area contributed by atoms with Gasteiger partial charge in [-0.15, -0.1) is 0 Å². The van der Waals surface area contributed by atoms with Crippen LogP contribution in [0.1, 0.15) is 12.5 Å². The van der Waals surface area contributed by atoms with Gasteiger partial charge < -0.3 is 24.3 Å². The molecule has 0 heterocycles. The van der Waals surface area contributed by atoms with Gasteiger partial charge in [0.1, 0.15) is 5.75 Å². The van der Waals surface area contributed by atoms with Gasteiger partial charge in [-0.05, 0) is 55.3 Å². The Bertz CT molecular complexity index is 824. The van der Waals surface area contributed by atoms with Crippen molar-refractivity contribution in [3.05, 3.63) is 53.1 Å². The molecule has 0 aliphatic heterocycles. The van der Waals surface area contributed by atoms with Crippen LogP contribution in [0.4, 0.5) is 0 Å². The van der Waals surface area contributed by atoms with E-state index in [1.807, 2.05) is 12.1 Å². The van der Waals surface area contributed by atoms with E-state index in [0.29, 0.717) is 35.2 Å².